The highest BCUT2D eigenvalue weighted by molar-refractivity contribution is 6.32. The van der Waals surface area contributed by atoms with Gasteiger partial charge in [-0.3, -0.25) is 0 Å². The standard InChI is InChI=1S/C17H26ClNO2/c1-5-17(4)15(11-16(17)21-7-3)19-12-8-9-14(20-6-2)13(18)10-12/h8-10,15-16,19H,5-7,11H2,1-4H3. The summed E-state index contributed by atoms with van der Waals surface area (Å²) in [4.78, 5) is 0. The molecule has 2 rings (SSSR count). The minimum Gasteiger partial charge on any atom is -0.492 e. The van der Waals surface area contributed by atoms with Gasteiger partial charge in [-0.05, 0) is 44.9 Å². The fourth-order valence-electron chi connectivity index (χ4n) is 3.04. The van der Waals surface area contributed by atoms with Crippen LogP contribution in [-0.4, -0.2) is 25.4 Å². The number of nitrogens with one attached hydrogen (secondary N) is 1. The summed E-state index contributed by atoms with van der Waals surface area (Å²) in [6.45, 7) is 9.94. The summed E-state index contributed by atoms with van der Waals surface area (Å²) in [7, 11) is 0. The van der Waals surface area contributed by atoms with Gasteiger partial charge in [0.1, 0.15) is 5.75 Å². The van der Waals surface area contributed by atoms with E-state index in [1.807, 2.05) is 25.1 Å². The molecule has 0 aliphatic heterocycles. The van der Waals surface area contributed by atoms with E-state index in [1.165, 1.54) is 0 Å². The van der Waals surface area contributed by atoms with Gasteiger partial charge in [0, 0.05) is 23.8 Å². The maximum Gasteiger partial charge on any atom is 0.138 e. The molecule has 1 aromatic carbocycles. The molecular weight excluding hydrogens is 286 g/mol. The number of rotatable bonds is 7. The zero-order chi connectivity index (χ0) is 15.5. The third-order valence-electron chi connectivity index (χ3n) is 4.68. The van der Waals surface area contributed by atoms with Crippen molar-refractivity contribution < 1.29 is 9.47 Å². The third kappa shape index (κ3) is 3.29. The molecule has 118 valence electrons. The summed E-state index contributed by atoms with van der Waals surface area (Å²) in [5.74, 6) is 0.740. The van der Waals surface area contributed by atoms with Crippen molar-refractivity contribution in [3.8, 4) is 5.75 Å². The molecule has 1 aromatic rings. The van der Waals surface area contributed by atoms with Gasteiger partial charge in [0.2, 0.25) is 0 Å². The van der Waals surface area contributed by atoms with Crippen molar-refractivity contribution >= 4 is 17.3 Å². The van der Waals surface area contributed by atoms with E-state index in [0.29, 0.717) is 23.8 Å². The van der Waals surface area contributed by atoms with Gasteiger partial charge in [0.15, 0.2) is 0 Å². The highest BCUT2D eigenvalue weighted by atomic mass is 35.5. The molecule has 0 saturated heterocycles. The van der Waals surface area contributed by atoms with Gasteiger partial charge in [-0.2, -0.15) is 0 Å². The molecule has 3 atom stereocenters. The van der Waals surface area contributed by atoms with Crippen LogP contribution in [0.2, 0.25) is 5.02 Å². The van der Waals surface area contributed by atoms with E-state index in [2.05, 4.69) is 26.1 Å². The van der Waals surface area contributed by atoms with Crippen LogP contribution in [0.25, 0.3) is 0 Å². The van der Waals surface area contributed by atoms with Crippen LogP contribution >= 0.6 is 11.6 Å². The van der Waals surface area contributed by atoms with Gasteiger partial charge in [0.05, 0.1) is 17.7 Å². The Balaban J connectivity index is 2.04. The third-order valence-corrected chi connectivity index (χ3v) is 4.98. The van der Waals surface area contributed by atoms with E-state index >= 15 is 0 Å². The normalized spacial score (nSPS) is 28.0. The van der Waals surface area contributed by atoms with E-state index in [4.69, 9.17) is 21.1 Å². The van der Waals surface area contributed by atoms with Crippen molar-refractivity contribution in [1.29, 1.82) is 0 Å². The van der Waals surface area contributed by atoms with Crippen LogP contribution in [0.5, 0.6) is 5.75 Å². The Morgan fingerprint density at radius 3 is 2.62 bits per heavy atom. The lowest BCUT2D eigenvalue weighted by molar-refractivity contribution is -0.109. The molecule has 21 heavy (non-hydrogen) atoms. The average molecular weight is 312 g/mol. The van der Waals surface area contributed by atoms with Gasteiger partial charge in [0.25, 0.3) is 0 Å². The topological polar surface area (TPSA) is 30.5 Å². The van der Waals surface area contributed by atoms with Gasteiger partial charge in [-0.25, -0.2) is 0 Å². The number of anilines is 1. The van der Waals surface area contributed by atoms with Crippen molar-refractivity contribution in [2.75, 3.05) is 18.5 Å². The predicted molar refractivity (Wildman–Crippen MR) is 88.5 cm³/mol. The van der Waals surface area contributed by atoms with Crippen LogP contribution in [0, 0.1) is 5.41 Å². The molecule has 1 aliphatic carbocycles. The molecule has 1 saturated carbocycles. The first-order chi connectivity index (χ1) is 10.0. The lowest BCUT2D eigenvalue weighted by Crippen LogP contribution is -2.59. The van der Waals surface area contributed by atoms with Crippen molar-refractivity contribution in [2.24, 2.45) is 5.41 Å². The Bertz CT molecular complexity index is 480. The minimum atomic E-state index is 0.182. The lowest BCUT2D eigenvalue weighted by atomic mass is 9.61. The maximum atomic E-state index is 6.25. The number of hydrogen-bond acceptors (Lipinski definition) is 3. The second kappa shape index (κ2) is 6.89. The van der Waals surface area contributed by atoms with Crippen molar-refractivity contribution in [2.45, 2.75) is 52.7 Å². The van der Waals surface area contributed by atoms with Gasteiger partial charge >= 0.3 is 0 Å². The molecule has 0 radical (unpaired) electrons. The smallest absolute Gasteiger partial charge is 0.138 e. The van der Waals surface area contributed by atoms with Gasteiger partial charge in [-0.1, -0.05) is 25.4 Å². The Kier molecular flexibility index (Phi) is 5.39. The Morgan fingerprint density at radius 1 is 1.29 bits per heavy atom. The fourth-order valence-corrected chi connectivity index (χ4v) is 3.27. The molecule has 1 aliphatic rings. The van der Waals surface area contributed by atoms with Gasteiger partial charge < -0.3 is 14.8 Å². The SMILES string of the molecule is CCOc1ccc(NC2CC(OCC)C2(C)CC)cc1Cl. The molecule has 1 N–H and O–H groups in total. The number of benzene rings is 1. The molecule has 0 bridgehead atoms. The van der Waals surface area contributed by atoms with E-state index in [-0.39, 0.29) is 5.41 Å². The molecule has 0 heterocycles. The molecular formula is C17H26ClNO2. The number of halogens is 1. The van der Waals surface area contributed by atoms with Crippen LogP contribution in [0.3, 0.4) is 0 Å². The summed E-state index contributed by atoms with van der Waals surface area (Å²) in [6.07, 6.45) is 2.49. The zero-order valence-electron chi connectivity index (χ0n) is 13.4. The minimum absolute atomic E-state index is 0.182. The van der Waals surface area contributed by atoms with E-state index in [0.717, 1.165) is 30.9 Å². The van der Waals surface area contributed by atoms with Crippen molar-refractivity contribution in [3.05, 3.63) is 23.2 Å². The van der Waals surface area contributed by atoms with E-state index < -0.39 is 0 Å². The summed E-state index contributed by atoms with van der Waals surface area (Å²) in [5.41, 5.74) is 1.23. The van der Waals surface area contributed by atoms with Crippen LogP contribution < -0.4 is 10.1 Å². The second-order valence-corrected chi connectivity index (χ2v) is 6.22. The molecule has 4 heteroatoms. The molecule has 0 aromatic heterocycles. The first-order valence-electron chi connectivity index (χ1n) is 7.85. The summed E-state index contributed by atoms with van der Waals surface area (Å²) in [6, 6.07) is 6.32. The van der Waals surface area contributed by atoms with Crippen molar-refractivity contribution in [3.63, 3.8) is 0 Å². The van der Waals surface area contributed by atoms with Crippen LogP contribution in [0.4, 0.5) is 5.69 Å². The molecule has 1 fully saturated rings. The van der Waals surface area contributed by atoms with E-state index in [1.54, 1.807) is 0 Å². The average Bonchev–Trinajstić information content (AvgIpc) is 2.48. The zero-order valence-corrected chi connectivity index (χ0v) is 14.2. The summed E-state index contributed by atoms with van der Waals surface area (Å²) < 4.78 is 11.3. The number of hydrogen-bond donors (Lipinski definition) is 1. The summed E-state index contributed by atoms with van der Waals surface area (Å²) >= 11 is 6.25. The van der Waals surface area contributed by atoms with Crippen molar-refractivity contribution in [1.82, 2.24) is 0 Å². The Morgan fingerprint density at radius 2 is 2.05 bits per heavy atom. The lowest BCUT2D eigenvalue weighted by Gasteiger charge is -2.54. The summed E-state index contributed by atoms with van der Waals surface area (Å²) in [5, 5.41) is 4.25. The Labute approximate surface area is 133 Å². The first kappa shape index (κ1) is 16.4. The van der Waals surface area contributed by atoms with Crippen LogP contribution in [0.15, 0.2) is 18.2 Å². The Hall–Kier alpha value is -0.930. The second-order valence-electron chi connectivity index (χ2n) is 5.81. The highest BCUT2D eigenvalue weighted by Gasteiger charge is 2.51. The largest absolute Gasteiger partial charge is 0.492 e. The molecule has 3 unspecified atom stereocenters. The predicted octanol–water partition coefficient (Wildman–Crippen LogP) is 4.74. The van der Waals surface area contributed by atoms with Crippen LogP contribution in [0.1, 0.15) is 40.5 Å². The maximum absolute atomic E-state index is 6.25. The quantitative estimate of drug-likeness (QED) is 0.788. The first-order valence-corrected chi connectivity index (χ1v) is 8.23. The van der Waals surface area contributed by atoms with Crippen LogP contribution in [-0.2, 0) is 4.74 Å². The molecule has 0 spiro atoms. The number of ether oxygens (including phenoxy) is 2. The monoisotopic (exact) mass is 311 g/mol. The highest BCUT2D eigenvalue weighted by Crippen LogP contribution is 2.47. The molecule has 3 nitrogen and oxygen atoms in total. The fraction of sp³-hybridized carbons (Fsp3) is 0.647. The van der Waals surface area contributed by atoms with E-state index in [9.17, 15) is 0 Å². The van der Waals surface area contributed by atoms with Gasteiger partial charge in [-0.15, -0.1) is 0 Å². The molecule has 0 amide bonds.